The van der Waals surface area contributed by atoms with Gasteiger partial charge in [0.1, 0.15) is 17.1 Å². The Morgan fingerprint density at radius 3 is 2.72 bits per heavy atom. The van der Waals surface area contributed by atoms with Crippen molar-refractivity contribution in [2.75, 3.05) is 13.2 Å². The molecule has 0 amide bonds. The van der Waals surface area contributed by atoms with E-state index in [4.69, 9.17) is 9.47 Å². The number of rotatable bonds is 5. The number of carbonyl (C=O) groups excluding carboxylic acids is 1. The van der Waals surface area contributed by atoms with Crippen LogP contribution in [0.25, 0.3) is 0 Å². The van der Waals surface area contributed by atoms with Gasteiger partial charge in [-0.3, -0.25) is 0 Å². The summed E-state index contributed by atoms with van der Waals surface area (Å²) >= 11 is -1.71. The van der Waals surface area contributed by atoms with E-state index in [2.05, 4.69) is 11.3 Å². The standard InChI is InChI=1S/C18H25NO5S/c1-6-23-16(20)18(21,19-25(22)17(3,4)5)15-12(2)11-24-14-10-8-7-9-13(14)15/h7-10,15,19,21H,2,6,11H2,1,3-5H3/t15?,18-,25?/m0/s1. The van der Waals surface area contributed by atoms with Crippen molar-refractivity contribution in [2.24, 2.45) is 0 Å². The summed E-state index contributed by atoms with van der Waals surface area (Å²) < 4.78 is 25.2. The Bertz CT molecular complexity index is 657. The van der Waals surface area contributed by atoms with E-state index in [1.807, 2.05) is 0 Å². The number of para-hydroxylation sites is 1. The summed E-state index contributed by atoms with van der Waals surface area (Å²) in [5.41, 5.74) is -1.13. The molecule has 1 aromatic rings. The molecule has 2 unspecified atom stereocenters. The van der Waals surface area contributed by atoms with Crippen LogP contribution < -0.4 is 9.46 Å². The molecule has 0 radical (unpaired) electrons. The molecule has 1 aromatic carbocycles. The highest BCUT2D eigenvalue weighted by atomic mass is 32.2. The highest BCUT2D eigenvalue weighted by Gasteiger charge is 2.54. The molecule has 25 heavy (non-hydrogen) atoms. The number of ether oxygens (including phenoxy) is 2. The minimum absolute atomic E-state index is 0.0856. The molecule has 0 aromatic heterocycles. The van der Waals surface area contributed by atoms with Crippen molar-refractivity contribution in [3.05, 3.63) is 42.0 Å². The molecule has 0 saturated carbocycles. The predicted molar refractivity (Wildman–Crippen MR) is 96.4 cm³/mol. The number of nitrogens with one attached hydrogen (secondary N) is 1. The van der Waals surface area contributed by atoms with Gasteiger partial charge in [0, 0.05) is 16.9 Å². The van der Waals surface area contributed by atoms with Crippen LogP contribution in [0.4, 0.5) is 0 Å². The molecule has 2 rings (SSSR count). The largest absolute Gasteiger partial charge is 0.598 e. The highest BCUT2D eigenvalue weighted by Crippen LogP contribution is 2.42. The zero-order chi connectivity index (χ0) is 18.8. The number of hydrogen-bond acceptors (Lipinski definition) is 6. The average Bonchev–Trinajstić information content (AvgIpc) is 2.53. The first-order valence-corrected chi connectivity index (χ1v) is 9.25. The number of fused-ring (bicyclic) bond motifs is 1. The van der Waals surface area contributed by atoms with Crippen molar-refractivity contribution in [1.29, 1.82) is 0 Å². The van der Waals surface area contributed by atoms with Gasteiger partial charge >= 0.3 is 5.97 Å². The van der Waals surface area contributed by atoms with E-state index in [9.17, 15) is 14.5 Å². The minimum Gasteiger partial charge on any atom is -0.598 e. The fourth-order valence-electron chi connectivity index (χ4n) is 2.60. The summed E-state index contributed by atoms with van der Waals surface area (Å²) in [6.45, 7) is 11.1. The van der Waals surface area contributed by atoms with Crippen LogP contribution in [0.2, 0.25) is 0 Å². The van der Waals surface area contributed by atoms with Crippen LogP contribution in [-0.4, -0.2) is 39.3 Å². The molecule has 1 aliphatic heterocycles. The molecule has 1 heterocycles. The van der Waals surface area contributed by atoms with Gasteiger partial charge in [0.05, 0.1) is 12.5 Å². The maximum Gasteiger partial charge on any atom is 0.358 e. The van der Waals surface area contributed by atoms with Crippen LogP contribution in [-0.2, 0) is 20.9 Å². The van der Waals surface area contributed by atoms with Crippen molar-refractivity contribution in [3.8, 4) is 5.75 Å². The number of benzene rings is 1. The van der Waals surface area contributed by atoms with Gasteiger partial charge in [-0.25, -0.2) is 4.79 Å². The Kier molecular flexibility index (Phi) is 5.83. The summed E-state index contributed by atoms with van der Waals surface area (Å²) in [5.74, 6) is -1.19. The first kappa shape index (κ1) is 19.8. The zero-order valence-electron chi connectivity index (χ0n) is 15.0. The summed E-state index contributed by atoms with van der Waals surface area (Å²) in [7, 11) is 0. The van der Waals surface area contributed by atoms with E-state index >= 15 is 0 Å². The average molecular weight is 367 g/mol. The van der Waals surface area contributed by atoms with Crippen LogP contribution in [0.3, 0.4) is 0 Å². The lowest BCUT2D eigenvalue weighted by Crippen LogP contribution is -2.62. The molecule has 0 fully saturated rings. The van der Waals surface area contributed by atoms with Crippen molar-refractivity contribution >= 4 is 17.3 Å². The Hall–Kier alpha value is -1.54. The molecule has 3 atom stereocenters. The van der Waals surface area contributed by atoms with Gasteiger partial charge in [-0.2, -0.15) is 0 Å². The quantitative estimate of drug-likeness (QED) is 0.358. The molecular formula is C18H25NO5S. The molecule has 0 aliphatic carbocycles. The SMILES string of the molecule is C=C1COc2ccccc2C1[C@@](O)(N[S+]([O-])C(C)(C)C)C(=O)OCC. The van der Waals surface area contributed by atoms with E-state index in [1.165, 1.54) is 0 Å². The molecule has 138 valence electrons. The molecule has 0 bridgehead atoms. The van der Waals surface area contributed by atoms with Gasteiger partial charge in [-0.15, -0.1) is 0 Å². The maximum atomic E-state index is 12.6. The van der Waals surface area contributed by atoms with Gasteiger partial charge in [0.25, 0.3) is 5.72 Å². The second-order valence-corrected chi connectivity index (χ2v) is 8.85. The molecule has 0 spiro atoms. The van der Waals surface area contributed by atoms with Crippen LogP contribution in [0.15, 0.2) is 36.4 Å². The van der Waals surface area contributed by atoms with E-state index in [0.717, 1.165) is 0 Å². The third-order valence-electron chi connectivity index (χ3n) is 3.86. The van der Waals surface area contributed by atoms with Crippen LogP contribution in [0, 0.1) is 0 Å². The Labute approximate surface area is 151 Å². The summed E-state index contributed by atoms with van der Waals surface area (Å²) in [6.07, 6.45) is 0. The second kappa shape index (κ2) is 7.37. The predicted octanol–water partition coefficient (Wildman–Crippen LogP) is 2.02. The normalized spacial score (nSPS) is 20.9. The van der Waals surface area contributed by atoms with E-state index in [1.54, 1.807) is 52.0 Å². The van der Waals surface area contributed by atoms with E-state index in [-0.39, 0.29) is 13.2 Å². The summed E-state index contributed by atoms with van der Waals surface area (Å²) in [6, 6.07) is 7.07. The minimum atomic E-state index is -2.22. The number of aliphatic hydroxyl groups is 1. The van der Waals surface area contributed by atoms with Gasteiger partial charge < -0.3 is 19.1 Å². The zero-order valence-corrected chi connectivity index (χ0v) is 15.8. The number of esters is 1. The molecule has 7 heteroatoms. The first-order chi connectivity index (χ1) is 11.6. The monoisotopic (exact) mass is 367 g/mol. The van der Waals surface area contributed by atoms with Gasteiger partial charge in [-0.05, 0) is 39.3 Å². The van der Waals surface area contributed by atoms with E-state index in [0.29, 0.717) is 16.9 Å². The third kappa shape index (κ3) is 4.00. The van der Waals surface area contributed by atoms with Crippen molar-refractivity contribution in [1.82, 2.24) is 4.72 Å². The fraction of sp³-hybridized carbons (Fsp3) is 0.500. The summed E-state index contributed by atoms with van der Waals surface area (Å²) in [4.78, 5) is 12.6. The van der Waals surface area contributed by atoms with Gasteiger partial charge in [0.15, 0.2) is 0 Å². The Balaban J connectivity index is 2.52. The summed E-state index contributed by atoms with van der Waals surface area (Å²) in [5, 5.41) is 11.3. The molecule has 1 aliphatic rings. The highest BCUT2D eigenvalue weighted by molar-refractivity contribution is 7.90. The van der Waals surface area contributed by atoms with Crippen molar-refractivity contribution in [3.63, 3.8) is 0 Å². The number of hydrogen-bond donors (Lipinski definition) is 2. The Morgan fingerprint density at radius 2 is 2.12 bits per heavy atom. The Morgan fingerprint density at radius 1 is 1.48 bits per heavy atom. The van der Waals surface area contributed by atoms with E-state index < -0.39 is 33.7 Å². The number of carbonyl (C=O) groups is 1. The lowest BCUT2D eigenvalue weighted by Gasteiger charge is -2.40. The fourth-order valence-corrected chi connectivity index (χ4v) is 3.39. The van der Waals surface area contributed by atoms with Crippen LogP contribution in [0.1, 0.15) is 39.2 Å². The van der Waals surface area contributed by atoms with Crippen molar-refractivity contribution in [2.45, 2.75) is 44.1 Å². The van der Waals surface area contributed by atoms with Gasteiger partial charge in [0.2, 0.25) is 0 Å². The molecular weight excluding hydrogens is 342 g/mol. The smallest absolute Gasteiger partial charge is 0.358 e. The molecule has 6 nitrogen and oxygen atoms in total. The second-order valence-electron chi connectivity index (χ2n) is 6.89. The maximum absolute atomic E-state index is 12.6. The van der Waals surface area contributed by atoms with Crippen LogP contribution in [0.5, 0.6) is 5.75 Å². The molecule has 0 saturated heterocycles. The topological polar surface area (TPSA) is 90.9 Å². The van der Waals surface area contributed by atoms with Gasteiger partial charge in [-0.1, -0.05) is 29.5 Å². The lowest BCUT2D eigenvalue weighted by molar-refractivity contribution is -0.168. The van der Waals surface area contributed by atoms with Crippen LogP contribution >= 0.6 is 0 Å². The lowest BCUT2D eigenvalue weighted by atomic mass is 9.81. The van der Waals surface area contributed by atoms with Crippen molar-refractivity contribution < 1.29 is 23.9 Å². The molecule has 2 N–H and O–H groups in total. The third-order valence-corrected chi connectivity index (χ3v) is 5.47. The first-order valence-electron chi connectivity index (χ1n) is 8.10.